The fourth-order valence-electron chi connectivity index (χ4n) is 2.30. The summed E-state index contributed by atoms with van der Waals surface area (Å²) in [7, 11) is 0. The molecule has 3 rings (SSSR count). The number of nitrogens with one attached hydrogen (secondary N) is 1. The van der Waals surface area contributed by atoms with E-state index in [1.54, 1.807) is 0 Å². The van der Waals surface area contributed by atoms with Crippen molar-refractivity contribution in [2.45, 2.75) is 19.1 Å². The van der Waals surface area contributed by atoms with E-state index in [2.05, 4.69) is 50.4 Å². The van der Waals surface area contributed by atoms with Gasteiger partial charge in [0.05, 0.1) is 17.2 Å². The smallest absolute Gasteiger partial charge is 0.236 e. The molecule has 0 fully saturated rings. The number of thioether (sulfide) groups is 1. The van der Waals surface area contributed by atoms with Crippen LogP contribution in [0.15, 0.2) is 57.5 Å². The van der Waals surface area contributed by atoms with E-state index >= 15 is 0 Å². The van der Waals surface area contributed by atoms with Gasteiger partial charge < -0.3 is 9.84 Å². The Hall–Kier alpha value is -2.12. The highest BCUT2D eigenvalue weighted by molar-refractivity contribution is 9.10. The maximum absolute atomic E-state index is 12.0. The van der Waals surface area contributed by atoms with Gasteiger partial charge in [-0.25, -0.2) is 0 Å². The number of amides is 1. The molecule has 0 atom stereocenters. The number of carbonyl (C=O) groups excluding carboxylic acids is 1. The topological polar surface area (TPSA) is 68.0 Å². The third kappa shape index (κ3) is 4.95. The molecule has 2 aromatic carbocycles. The van der Waals surface area contributed by atoms with Crippen molar-refractivity contribution in [3.8, 4) is 11.4 Å². The van der Waals surface area contributed by atoms with Crippen LogP contribution < -0.4 is 5.32 Å². The standard InChI is InChI=1S/C19H18BrN3O2S/c1-2-13-7-9-14(10-8-13)19-22-18(25-23-19)12-26-11-17(24)21-16-6-4-3-5-15(16)20/h3-10H,2,11-12H2,1H3,(H,21,24). The zero-order valence-corrected chi connectivity index (χ0v) is 16.6. The molecule has 1 heterocycles. The number of hydrogen-bond donors (Lipinski definition) is 1. The lowest BCUT2D eigenvalue weighted by Crippen LogP contribution is -2.14. The maximum Gasteiger partial charge on any atom is 0.236 e. The van der Waals surface area contributed by atoms with Crippen molar-refractivity contribution in [1.29, 1.82) is 0 Å². The van der Waals surface area contributed by atoms with Gasteiger partial charge in [0.2, 0.25) is 17.6 Å². The Kier molecular flexibility index (Phi) is 6.46. The van der Waals surface area contributed by atoms with Crippen molar-refractivity contribution >= 4 is 39.3 Å². The molecule has 1 amide bonds. The highest BCUT2D eigenvalue weighted by Crippen LogP contribution is 2.22. The molecule has 1 aromatic heterocycles. The number of aryl methyl sites for hydroxylation is 1. The van der Waals surface area contributed by atoms with Gasteiger partial charge in [-0.2, -0.15) is 4.98 Å². The van der Waals surface area contributed by atoms with Gasteiger partial charge in [0.1, 0.15) is 0 Å². The van der Waals surface area contributed by atoms with Crippen molar-refractivity contribution < 1.29 is 9.32 Å². The summed E-state index contributed by atoms with van der Waals surface area (Å²) in [6.07, 6.45) is 0.996. The Morgan fingerprint density at radius 3 is 2.69 bits per heavy atom. The van der Waals surface area contributed by atoms with Crippen molar-refractivity contribution in [3.63, 3.8) is 0 Å². The average Bonchev–Trinajstić information content (AvgIpc) is 3.12. The van der Waals surface area contributed by atoms with E-state index in [1.165, 1.54) is 17.3 Å². The SMILES string of the molecule is CCc1ccc(-c2noc(CSCC(=O)Nc3ccccc3Br)n2)cc1. The van der Waals surface area contributed by atoms with Gasteiger partial charge in [0, 0.05) is 10.0 Å². The second-order valence-corrected chi connectivity index (χ2v) is 7.42. The van der Waals surface area contributed by atoms with E-state index in [4.69, 9.17) is 4.52 Å². The lowest BCUT2D eigenvalue weighted by Gasteiger charge is -2.06. The van der Waals surface area contributed by atoms with Crippen molar-refractivity contribution in [2.75, 3.05) is 11.1 Å². The summed E-state index contributed by atoms with van der Waals surface area (Å²) in [6, 6.07) is 15.6. The first-order chi connectivity index (χ1) is 12.7. The highest BCUT2D eigenvalue weighted by atomic mass is 79.9. The molecule has 0 aliphatic heterocycles. The monoisotopic (exact) mass is 431 g/mol. The van der Waals surface area contributed by atoms with Crippen LogP contribution >= 0.6 is 27.7 Å². The molecule has 0 saturated heterocycles. The third-order valence-electron chi connectivity index (χ3n) is 3.70. The fourth-order valence-corrected chi connectivity index (χ4v) is 3.34. The lowest BCUT2D eigenvalue weighted by molar-refractivity contribution is -0.113. The van der Waals surface area contributed by atoms with Gasteiger partial charge in [-0.1, -0.05) is 48.5 Å². The second kappa shape index (κ2) is 9.00. The number of hydrogen-bond acceptors (Lipinski definition) is 5. The van der Waals surface area contributed by atoms with Gasteiger partial charge >= 0.3 is 0 Å². The van der Waals surface area contributed by atoms with Gasteiger partial charge in [-0.3, -0.25) is 4.79 Å². The molecule has 0 aliphatic carbocycles. The number of nitrogens with zero attached hydrogens (tertiary/aromatic N) is 2. The van der Waals surface area contributed by atoms with E-state index < -0.39 is 0 Å². The number of para-hydroxylation sites is 1. The quantitative estimate of drug-likeness (QED) is 0.573. The molecule has 5 nitrogen and oxygen atoms in total. The van der Waals surface area contributed by atoms with Gasteiger partial charge in [0.25, 0.3) is 0 Å². The van der Waals surface area contributed by atoms with Crippen LogP contribution in [0, 0.1) is 0 Å². The summed E-state index contributed by atoms with van der Waals surface area (Å²) in [5.41, 5.74) is 2.95. The van der Waals surface area contributed by atoms with E-state index in [-0.39, 0.29) is 5.91 Å². The molecule has 26 heavy (non-hydrogen) atoms. The summed E-state index contributed by atoms with van der Waals surface area (Å²) in [6.45, 7) is 2.12. The van der Waals surface area contributed by atoms with E-state index in [0.29, 0.717) is 23.2 Å². The van der Waals surface area contributed by atoms with Crippen LogP contribution in [-0.2, 0) is 17.0 Å². The third-order valence-corrected chi connectivity index (χ3v) is 5.30. The minimum atomic E-state index is -0.0724. The Morgan fingerprint density at radius 2 is 1.96 bits per heavy atom. The van der Waals surface area contributed by atoms with Crippen LogP contribution in [0.25, 0.3) is 11.4 Å². The molecular weight excluding hydrogens is 414 g/mol. The fraction of sp³-hybridized carbons (Fsp3) is 0.211. The molecule has 0 radical (unpaired) electrons. The van der Waals surface area contributed by atoms with Gasteiger partial charge in [0.15, 0.2) is 0 Å². The van der Waals surface area contributed by atoms with Crippen LogP contribution in [0.1, 0.15) is 18.4 Å². The summed E-state index contributed by atoms with van der Waals surface area (Å²) in [5, 5.41) is 6.88. The molecule has 0 bridgehead atoms. The van der Waals surface area contributed by atoms with Gasteiger partial charge in [-0.05, 0) is 40.0 Å². The average molecular weight is 432 g/mol. The molecular formula is C19H18BrN3O2S. The molecule has 0 unspecified atom stereocenters. The first-order valence-corrected chi connectivity index (χ1v) is 10.1. The summed E-state index contributed by atoms with van der Waals surface area (Å²) < 4.78 is 6.13. The zero-order valence-electron chi connectivity index (χ0n) is 14.2. The Morgan fingerprint density at radius 1 is 1.19 bits per heavy atom. The molecule has 1 N–H and O–H groups in total. The number of rotatable bonds is 7. The largest absolute Gasteiger partial charge is 0.338 e. The van der Waals surface area contributed by atoms with Crippen LogP contribution in [0.5, 0.6) is 0 Å². The maximum atomic E-state index is 12.0. The molecule has 0 aliphatic rings. The van der Waals surface area contributed by atoms with Crippen LogP contribution in [-0.4, -0.2) is 21.8 Å². The van der Waals surface area contributed by atoms with Crippen molar-refractivity contribution in [2.24, 2.45) is 0 Å². The minimum absolute atomic E-state index is 0.0724. The summed E-state index contributed by atoms with van der Waals surface area (Å²) in [4.78, 5) is 16.4. The lowest BCUT2D eigenvalue weighted by atomic mass is 10.1. The van der Waals surface area contributed by atoms with E-state index in [0.717, 1.165) is 22.1 Å². The zero-order chi connectivity index (χ0) is 18.4. The summed E-state index contributed by atoms with van der Waals surface area (Å²) >= 11 is 4.84. The van der Waals surface area contributed by atoms with Crippen molar-refractivity contribution in [1.82, 2.24) is 10.1 Å². The molecule has 0 saturated carbocycles. The first-order valence-electron chi connectivity index (χ1n) is 8.19. The number of carbonyl (C=O) groups is 1. The van der Waals surface area contributed by atoms with Crippen LogP contribution in [0.4, 0.5) is 5.69 Å². The predicted molar refractivity (Wildman–Crippen MR) is 108 cm³/mol. The minimum Gasteiger partial charge on any atom is -0.338 e. The normalized spacial score (nSPS) is 10.7. The number of benzene rings is 2. The Bertz CT molecular complexity index is 881. The van der Waals surface area contributed by atoms with Gasteiger partial charge in [-0.15, -0.1) is 11.8 Å². The van der Waals surface area contributed by atoms with Crippen LogP contribution in [0.2, 0.25) is 0 Å². The predicted octanol–water partition coefficient (Wildman–Crippen LogP) is 4.93. The first kappa shape index (κ1) is 18.7. The molecule has 134 valence electrons. The second-order valence-electron chi connectivity index (χ2n) is 5.58. The Balaban J connectivity index is 1.50. The number of halogens is 1. The Labute approximate surface area is 164 Å². The summed E-state index contributed by atoms with van der Waals surface area (Å²) in [5.74, 6) is 1.81. The number of aromatic nitrogens is 2. The molecule has 0 spiro atoms. The molecule has 3 aromatic rings. The number of anilines is 1. The van der Waals surface area contributed by atoms with Crippen molar-refractivity contribution in [3.05, 3.63) is 64.5 Å². The highest BCUT2D eigenvalue weighted by Gasteiger charge is 2.10. The van der Waals surface area contributed by atoms with E-state index in [9.17, 15) is 4.79 Å². The van der Waals surface area contributed by atoms with E-state index in [1.807, 2.05) is 36.4 Å². The van der Waals surface area contributed by atoms with Crippen LogP contribution in [0.3, 0.4) is 0 Å². The molecule has 7 heteroatoms.